The van der Waals surface area contributed by atoms with Crippen LogP contribution in [0.25, 0.3) is 0 Å². The van der Waals surface area contributed by atoms with Gasteiger partial charge in [-0.1, -0.05) is 0 Å². The van der Waals surface area contributed by atoms with Gasteiger partial charge in [0.25, 0.3) is 0 Å². The van der Waals surface area contributed by atoms with Crippen molar-refractivity contribution in [3.05, 3.63) is 23.8 Å². The lowest BCUT2D eigenvalue weighted by molar-refractivity contribution is -0.124. The van der Waals surface area contributed by atoms with Crippen molar-refractivity contribution >= 4 is 11.7 Å². The monoisotopic (exact) mass is 290 g/mol. The van der Waals surface area contributed by atoms with Gasteiger partial charge in [0.1, 0.15) is 0 Å². The summed E-state index contributed by atoms with van der Waals surface area (Å²) in [6, 6.07) is 4.99. The van der Waals surface area contributed by atoms with E-state index in [0.717, 1.165) is 19.4 Å². The van der Waals surface area contributed by atoms with Gasteiger partial charge in [0.05, 0.1) is 12.6 Å². The van der Waals surface area contributed by atoms with Crippen LogP contribution in [0.15, 0.2) is 18.2 Å². The van der Waals surface area contributed by atoms with E-state index in [0.29, 0.717) is 17.1 Å². The SMILES string of the molecule is CNC(=O)C1CCCN1CC(=O)c1ccc2c(c1)OCO2. The molecule has 1 unspecified atom stereocenters. The highest BCUT2D eigenvalue weighted by atomic mass is 16.7. The van der Waals surface area contributed by atoms with Crippen LogP contribution >= 0.6 is 0 Å². The number of nitrogens with zero attached hydrogens (tertiary/aromatic N) is 1. The van der Waals surface area contributed by atoms with Crippen molar-refractivity contribution in [3.63, 3.8) is 0 Å². The molecule has 3 rings (SSSR count). The van der Waals surface area contributed by atoms with Crippen molar-refractivity contribution < 1.29 is 19.1 Å². The normalized spacial score (nSPS) is 20.5. The summed E-state index contributed by atoms with van der Waals surface area (Å²) >= 11 is 0. The van der Waals surface area contributed by atoms with Crippen molar-refractivity contribution in [2.45, 2.75) is 18.9 Å². The molecule has 1 N–H and O–H groups in total. The van der Waals surface area contributed by atoms with Gasteiger partial charge in [-0.2, -0.15) is 0 Å². The Bertz CT molecular complexity index is 573. The van der Waals surface area contributed by atoms with E-state index in [1.54, 1.807) is 25.2 Å². The van der Waals surface area contributed by atoms with Gasteiger partial charge in [0, 0.05) is 12.6 Å². The summed E-state index contributed by atoms with van der Waals surface area (Å²) in [7, 11) is 1.62. The third kappa shape index (κ3) is 2.71. The van der Waals surface area contributed by atoms with E-state index in [-0.39, 0.29) is 31.1 Å². The third-order valence-corrected chi connectivity index (χ3v) is 3.95. The van der Waals surface area contributed by atoms with E-state index < -0.39 is 0 Å². The van der Waals surface area contributed by atoms with Crippen LogP contribution < -0.4 is 14.8 Å². The largest absolute Gasteiger partial charge is 0.454 e. The van der Waals surface area contributed by atoms with Crippen LogP contribution in [0.4, 0.5) is 0 Å². The maximum absolute atomic E-state index is 12.4. The minimum absolute atomic E-state index is 0.0101. The highest BCUT2D eigenvalue weighted by Gasteiger charge is 2.31. The fourth-order valence-electron chi connectivity index (χ4n) is 2.82. The number of benzene rings is 1. The molecule has 1 saturated heterocycles. The molecule has 1 aromatic rings. The molecule has 0 saturated carbocycles. The van der Waals surface area contributed by atoms with E-state index >= 15 is 0 Å². The lowest BCUT2D eigenvalue weighted by Crippen LogP contribution is -2.43. The lowest BCUT2D eigenvalue weighted by Gasteiger charge is -2.22. The predicted molar refractivity (Wildman–Crippen MR) is 75.6 cm³/mol. The number of amides is 1. The Morgan fingerprint density at radius 1 is 1.33 bits per heavy atom. The number of ether oxygens (including phenoxy) is 2. The zero-order valence-electron chi connectivity index (χ0n) is 11.9. The van der Waals surface area contributed by atoms with E-state index in [1.807, 2.05) is 4.90 Å². The van der Waals surface area contributed by atoms with Crippen molar-refractivity contribution in [2.24, 2.45) is 0 Å². The van der Waals surface area contributed by atoms with Crippen molar-refractivity contribution in [1.29, 1.82) is 0 Å². The van der Waals surface area contributed by atoms with Crippen molar-refractivity contribution in [2.75, 3.05) is 26.9 Å². The molecule has 0 spiro atoms. The van der Waals surface area contributed by atoms with Gasteiger partial charge in [-0.05, 0) is 37.6 Å². The fourth-order valence-corrected chi connectivity index (χ4v) is 2.82. The summed E-state index contributed by atoms with van der Waals surface area (Å²) < 4.78 is 10.5. The number of ketones is 1. The molecule has 2 aliphatic heterocycles. The first kappa shape index (κ1) is 13.9. The van der Waals surface area contributed by atoms with E-state index in [1.165, 1.54) is 0 Å². The molecule has 2 heterocycles. The molecule has 6 nitrogen and oxygen atoms in total. The molecule has 0 aromatic heterocycles. The number of Topliss-reactive ketones (excluding diaryl/α,β-unsaturated/α-hetero) is 1. The summed E-state index contributed by atoms with van der Waals surface area (Å²) in [5.74, 6) is 1.23. The number of hydrogen-bond donors (Lipinski definition) is 1. The standard InChI is InChI=1S/C15H18N2O4/c1-16-15(19)11-3-2-6-17(11)8-12(18)10-4-5-13-14(7-10)21-9-20-13/h4-5,7,11H,2-3,6,8-9H2,1H3,(H,16,19). The first-order valence-electron chi connectivity index (χ1n) is 7.07. The Morgan fingerprint density at radius 3 is 2.95 bits per heavy atom. The van der Waals surface area contributed by atoms with Crippen LogP contribution in [0.1, 0.15) is 23.2 Å². The summed E-state index contributed by atoms with van der Waals surface area (Å²) in [4.78, 5) is 26.1. The third-order valence-electron chi connectivity index (χ3n) is 3.95. The number of fused-ring (bicyclic) bond motifs is 1. The number of likely N-dealkylation sites (N-methyl/N-ethyl adjacent to an activating group) is 1. The van der Waals surface area contributed by atoms with Gasteiger partial charge >= 0.3 is 0 Å². The predicted octanol–water partition coefficient (Wildman–Crippen LogP) is 0.808. The van der Waals surface area contributed by atoms with Gasteiger partial charge in [-0.3, -0.25) is 14.5 Å². The first-order chi connectivity index (χ1) is 10.2. The molecule has 1 atom stereocenters. The quantitative estimate of drug-likeness (QED) is 0.831. The molecule has 1 fully saturated rings. The Morgan fingerprint density at radius 2 is 2.14 bits per heavy atom. The second kappa shape index (κ2) is 5.73. The van der Waals surface area contributed by atoms with Crippen LogP contribution in [-0.4, -0.2) is 49.6 Å². The number of carbonyl (C=O) groups is 2. The number of hydrogen-bond acceptors (Lipinski definition) is 5. The summed E-state index contributed by atoms with van der Waals surface area (Å²) in [5.41, 5.74) is 0.585. The Kier molecular flexibility index (Phi) is 3.79. The Hall–Kier alpha value is -2.08. The van der Waals surface area contributed by atoms with E-state index in [2.05, 4.69) is 5.32 Å². The van der Waals surface area contributed by atoms with Crippen molar-refractivity contribution in [1.82, 2.24) is 10.2 Å². The van der Waals surface area contributed by atoms with Crippen LogP contribution in [0.3, 0.4) is 0 Å². The number of nitrogens with one attached hydrogen (secondary N) is 1. The molecule has 1 amide bonds. The highest BCUT2D eigenvalue weighted by molar-refractivity contribution is 5.98. The minimum atomic E-state index is -0.201. The first-order valence-corrected chi connectivity index (χ1v) is 7.07. The molecular weight excluding hydrogens is 272 g/mol. The van der Waals surface area contributed by atoms with Gasteiger partial charge in [-0.25, -0.2) is 0 Å². The molecule has 0 radical (unpaired) electrons. The fraction of sp³-hybridized carbons (Fsp3) is 0.467. The topological polar surface area (TPSA) is 67.9 Å². The Labute approximate surface area is 123 Å². The molecular formula is C15H18N2O4. The second-order valence-corrected chi connectivity index (χ2v) is 5.23. The minimum Gasteiger partial charge on any atom is -0.454 e. The number of carbonyl (C=O) groups excluding carboxylic acids is 2. The average molecular weight is 290 g/mol. The number of likely N-dealkylation sites (tertiary alicyclic amines) is 1. The molecule has 2 aliphatic rings. The molecule has 0 bridgehead atoms. The smallest absolute Gasteiger partial charge is 0.237 e. The maximum Gasteiger partial charge on any atom is 0.237 e. The zero-order chi connectivity index (χ0) is 14.8. The summed E-state index contributed by atoms with van der Waals surface area (Å²) in [6.45, 7) is 1.21. The second-order valence-electron chi connectivity index (χ2n) is 5.23. The molecule has 1 aromatic carbocycles. The average Bonchev–Trinajstić information content (AvgIpc) is 3.14. The van der Waals surface area contributed by atoms with Gasteiger partial charge in [0.2, 0.25) is 12.7 Å². The summed E-state index contributed by atoms with van der Waals surface area (Å²) in [5, 5.41) is 2.66. The van der Waals surface area contributed by atoms with Crippen LogP contribution in [0.2, 0.25) is 0 Å². The lowest BCUT2D eigenvalue weighted by atomic mass is 10.1. The van der Waals surface area contributed by atoms with Crippen LogP contribution in [0.5, 0.6) is 11.5 Å². The maximum atomic E-state index is 12.4. The molecule has 0 aliphatic carbocycles. The zero-order valence-corrected chi connectivity index (χ0v) is 11.9. The Balaban J connectivity index is 1.70. The van der Waals surface area contributed by atoms with E-state index in [9.17, 15) is 9.59 Å². The van der Waals surface area contributed by atoms with Gasteiger partial charge in [0.15, 0.2) is 17.3 Å². The number of rotatable bonds is 4. The van der Waals surface area contributed by atoms with Crippen molar-refractivity contribution in [3.8, 4) is 11.5 Å². The molecule has 6 heteroatoms. The van der Waals surface area contributed by atoms with Crippen LogP contribution in [-0.2, 0) is 4.79 Å². The van der Waals surface area contributed by atoms with Gasteiger partial charge in [-0.15, -0.1) is 0 Å². The van der Waals surface area contributed by atoms with Crippen LogP contribution in [0, 0.1) is 0 Å². The van der Waals surface area contributed by atoms with Gasteiger partial charge < -0.3 is 14.8 Å². The molecule has 21 heavy (non-hydrogen) atoms. The summed E-state index contributed by atoms with van der Waals surface area (Å²) in [6.07, 6.45) is 1.74. The van der Waals surface area contributed by atoms with E-state index in [4.69, 9.17) is 9.47 Å². The highest BCUT2D eigenvalue weighted by Crippen LogP contribution is 2.32. The molecule has 112 valence electrons.